The topological polar surface area (TPSA) is 230 Å². The number of benzene rings is 1. The minimum Gasteiger partial charge on any atom is -0.508 e. The van der Waals surface area contributed by atoms with E-state index in [1.54, 1.807) is 12.1 Å². The smallest absolute Gasteiger partial charge is 0.255 e. The second-order valence-corrected chi connectivity index (χ2v) is 14.7. The van der Waals surface area contributed by atoms with Gasteiger partial charge in [-0.3, -0.25) is 14.4 Å². The van der Waals surface area contributed by atoms with Gasteiger partial charge in [-0.05, 0) is 55.2 Å². The van der Waals surface area contributed by atoms with E-state index in [9.17, 15) is 43.2 Å². The second-order valence-electron chi connectivity index (χ2n) is 12.4. The van der Waals surface area contributed by atoms with Crippen LogP contribution in [-0.2, 0) is 30.6 Å². The Labute approximate surface area is 252 Å². The Hall–Kier alpha value is -4.01. The maximum atomic E-state index is 14.1. The number of ketones is 2. The first-order valence-corrected chi connectivity index (χ1v) is 16.2. The Morgan fingerprint density at radius 3 is 2.45 bits per heavy atom. The fourth-order valence-electron chi connectivity index (χ4n) is 7.10. The van der Waals surface area contributed by atoms with Crippen LogP contribution in [0.15, 0.2) is 39.6 Å². The predicted octanol–water partition coefficient (Wildman–Crippen LogP) is 1.35. The zero-order valence-corrected chi connectivity index (χ0v) is 24.8. The summed E-state index contributed by atoms with van der Waals surface area (Å²) in [5.41, 5.74) is 3.03. The number of hydrogen-bond acceptors (Lipinski definition) is 12. The van der Waals surface area contributed by atoms with Crippen molar-refractivity contribution < 1.29 is 47.8 Å². The highest BCUT2D eigenvalue weighted by Gasteiger charge is 2.64. The number of amides is 1. The van der Waals surface area contributed by atoms with Crippen molar-refractivity contribution in [1.29, 1.82) is 0 Å². The van der Waals surface area contributed by atoms with Crippen LogP contribution < -0.4 is 11.1 Å². The van der Waals surface area contributed by atoms with E-state index in [1.165, 1.54) is 6.07 Å². The van der Waals surface area contributed by atoms with Crippen molar-refractivity contribution in [1.82, 2.24) is 10.5 Å². The van der Waals surface area contributed by atoms with Crippen molar-refractivity contribution >= 4 is 33.1 Å². The Bertz CT molecular complexity index is 1780. The number of carbonyl (C=O) groups excluding carboxylic acids is 3. The van der Waals surface area contributed by atoms with Gasteiger partial charge in [0.1, 0.15) is 32.7 Å². The normalized spacial score (nSPS) is 28.6. The number of carbonyl (C=O) groups is 3. The molecule has 234 valence electrons. The van der Waals surface area contributed by atoms with Gasteiger partial charge in [-0.15, -0.1) is 0 Å². The van der Waals surface area contributed by atoms with E-state index in [2.05, 4.69) is 10.5 Å². The molecule has 4 unspecified atom stereocenters. The molecule has 0 spiro atoms. The summed E-state index contributed by atoms with van der Waals surface area (Å²) >= 11 is 0. The van der Waals surface area contributed by atoms with Crippen LogP contribution in [0.2, 0.25) is 0 Å². The molecule has 4 atom stereocenters. The van der Waals surface area contributed by atoms with Crippen LogP contribution >= 0.6 is 0 Å². The average Bonchev–Trinajstić information content (AvgIpc) is 3.44. The van der Waals surface area contributed by atoms with Gasteiger partial charge in [0.15, 0.2) is 17.1 Å². The number of hydrogen-bond donors (Lipinski definition) is 6. The van der Waals surface area contributed by atoms with Crippen LogP contribution in [0.1, 0.15) is 55.8 Å². The zero-order chi connectivity index (χ0) is 31.9. The molecule has 0 bridgehead atoms. The molecule has 6 rings (SSSR count). The van der Waals surface area contributed by atoms with Gasteiger partial charge in [0.05, 0.1) is 28.8 Å². The number of nitrogens with one attached hydrogen (secondary N) is 1. The van der Waals surface area contributed by atoms with E-state index in [0.29, 0.717) is 22.6 Å². The number of aliphatic hydroxyl groups is 3. The average molecular weight is 628 g/mol. The van der Waals surface area contributed by atoms with Crippen molar-refractivity contribution in [2.45, 2.75) is 63.1 Å². The Kier molecular flexibility index (Phi) is 7.02. The highest BCUT2D eigenvalue weighted by Crippen LogP contribution is 2.53. The lowest BCUT2D eigenvalue weighted by atomic mass is 9.57. The molecule has 2 fully saturated rings. The van der Waals surface area contributed by atoms with E-state index in [-0.39, 0.29) is 60.0 Å². The van der Waals surface area contributed by atoms with E-state index >= 15 is 0 Å². The van der Waals surface area contributed by atoms with Gasteiger partial charge in [0, 0.05) is 29.2 Å². The van der Waals surface area contributed by atoms with Crippen molar-refractivity contribution in [2.24, 2.45) is 17.6 Å². The first kappa shape index (κ1) is 30.0. The summed E-state index contributed by atoms with van der Waals surface area (Å²) in [6, 6.07) is 2.82. The summed E-state index contributed by atoms with van der Waals surface area (Å²) in [5, 5.41) is 52.5. The number of aliphatic hydroxyl groups excluding tert-OH is 2. The number of primary amides is 1. The SMILES string of the molecule is CC(C)c1cc(-c2ccc(O)c3c2CC2CC4C(NC5CCS(=O)(=O)CC5)C(=O)C(C(N)=O)=C(O)C4(O)C(=O)C2=C3O)on1. The number of rotatable bonds is 5. The third kappa shape index (κ3) is 4.46. The fraction of sp³-hybridized carbons (Fsp3) is 0.467. The number of phenols is 1. The van der Waals surface area contributed by atoms with Crippen LogP contribution in [0.5, 0.6) is 5.75 Å². The molecular formula is C30H33N3O10S. The van der Waals surface area contributed by atoms with E-state index in [4.69, 9.17) is 10.3 Å². The number of nitrogens with two attached hydrogens (primary N) is 1. The van der Waals surface area contributed by atoms with Crippen LogP contribution in [0, 0.1) is 11.8 Å². The molecule has 14 heteroatoms. The third-order valence-electron chi connectivity index (χ3n) is 9.44. The summed E-state index contributed by atoms with van der Waals surface area (Å²) in [7, 11) is -3.25. The Morgan fingerprint density at radius 1 is 1.16 bits per heavy atom. The third-order valence-corrected chi connectivity index (χ3v) is 11.2. The molecule has 1 saturated carbocycles. The number of Topliss-reactive ketones (excluding diaryl/α,β-unsaturated/α-hetero) is 2. The summed E-state index contributed by atoms with van der Waals surface area (Å²) < 4.78 is 29.6. The van der Waals surface area contributed by atoms with Crippen molar-refractivity contribution in [3.8, 4) is 17.1 Å². The lowest BCUT2D eigenvalue weighted by molar-refractivity contribution is -0.150. The van der Waals surface area contributed by atoms with Crippen molar-refractivity contribution in [3.05, 3.63) is 51.9 Å². The lowest BCUT2D eigenvalue weighted by Crippen LogP contribution is -2.67. The Balaban J connectivity index is 1.47. The van der Waals surface area contributed by atoms with E-state index in [0.717, 1.165) is 0 Å². The number of aromatic hydroxyl groups is 1. The number of aromatic nitrogens is 1. The number of nitrogens with zero attached hydrogens (tertiary/aromatic N) is 1. The molecule has 1 amide bonds. The molecule has 1 saturated heterocycles. The lowest BCUT2D eigenvalue weighted by Gasteiger charge is -2.49. The first-order chi connectivity index (χ1) is 20.7. The largest absolute Gasteiger partial charge is 0.508 e. The molecule has 2 heterocycles. The monoisotopic (exact) mass is 627 g/mol. The van der Waals surface area contributed by atoms with Gasteiger partial charge in [-0.2, -0.15) is 0 Å². The summed E-state index contributed by atoms with van der Waals surface area (Å²) in [5.74, 6) is -7.42. The van der Waals surface area contributed by atoms with Gasteiger partial charge in [-0.1, -0.05) is 19.0 Å². The quantitative estimate of drug-likeness (QED) is 0.258. The first-order valence-electron chi connectivity index (χ1n) is 14.4. The minimum absolute atomic E-state index is 0.0461. The zero-order valence-electron chi connectivity index (χ0n) is 24.0. The maximum absolute atomic E-state index is 14.1. The molecule has 3 aliphatic carbocycles. The molecule has 2 aromatic rings. The fourth-order valence-corrected chi connectivity index (χ4v) is 8.59. The van der Waals surface area contributed by atoms with Gasteiger partial charge in [0.25, 0.3) is 5.91 Å². The summed E-state index contributed by atoms with van der Waals surface area (Å²) in [6.45, 7) is 3.89. The van der Waals surface area contributed by atoms with E-state index in [1.807, 2.05) is 13.8 Å². The summed E-state index contributed by atoms with van der Waals surface area (Å²) in [6.07, 6.45) is 0.306. The van der Waals surface area contributed by atoms with E-state index < -0.39 is 73.9 Å². The van der Waals surface area contributed by atoms with Crippen LogP contribution in [0.3, 0.4) is 0 Å². The van der Waals surface area contributed by atoms with Crippen LogP contribution in [0.25, 0.3) is 17.1 Å². The highest BCUT2D eigenvalue weighted by molar-refractivity contribution is 7.91. The van der Waals surface area contributed by atoms with Gasteiger partial charge in [-0.25, -0.2) is 8.42 Å². The maximum Gasteiger partial charge on any atom is 0.255 e. The number of fused-ring (bicyclic) bond motifs is 3. The molecule has 1 aromatic heterocycles. The molecule has 1 aromatic carbocycles. The van der Waals surface area contributed by atoms with Gasteiger partial charge < -0.3 is 36.0 Å². The molecule has 4 aliphatic rings. The standard InChI is InChI=1S/C30H33N3O10S/c1-12(2)18-11-20(43-33-18)15-3-4-19(34)22-16(15)9-13-10-17-24(32-14-5-7-44(41,42)8-6-14)26(36)23(29(31)39)28(38)30(17,40)27(37)21(13)25(22)35/h3-4,11-14,17,24,32,34-35,38,40H,5-10H2,1-2H3,(H2,31,39). The van der Waals surface area contributed by atoms with Crippen molar-refractivity contribution in [2.75, 3.05) is 11.5 Å². The molecular weight excluding hydrogens is 594 g/mol. The molecule has 1 aliphatic heterocycles. The molecule has 7 N–H and O–H groups in total. The minimum atomic E-state index is -3.25. The number of phenolic OH excluding ortho intramolecular Hbond substituents is 1. The number of sulfone groups is 1. The molecule has 13 nitrogen and oxygen atoms in total. The highest BCUT2D eigenvalue weighted by atomic mass is 32.2. The van der Waals surface area contributed by atoms with Crippen LogP contribution in [-0.4, -0.2) is 80.7 Å². The molecule has 44 heavy (non-hydrogen) atoms. The Morgan fingerprint density at radius 2 is 1.84 bits per heavy atom. The predicted molar refractivity (Wildman–Crippen MR) is 155 cm³/mol. The van der Waals surface area contributed by atoms with Crippen molar-refractivity contribution in [3.63, 3.8) is 0 Å². The second kappa shape index (κ2) is 10.3. The van der Waals surface area contributed by atoms with Gasteiger partial charge >= 0.3 is 0 Å². The van der Waals surface area contributed by atoms with Crippen LogP contribution in [0.4, 0.5) is 0 Å². The van der Waals surface area contributed by atoms with Gasteiger partial charge in [0.2, 0.25) is 5.78 Å². The summed E-state index contributed by atoms with van der Waals surface area (Å²) in [4.78, 5) is 40.1. The molecule has 0 radical (unpaired) electrons.